The number of rotatable bonds is 5. The molecule has 2 rings (SSSR count). The van der Waals surface area contributed by atoms with E-state index >= 15 is 0 Å². The molecule has 0 fully saturated rings. The maximum atomic E-state index is 12.4. The summed E-state index contributed by atoms with van der Waals surface area (Å²) < 4.78 is 10.7. The number of aliphatic hydroxyl groups is 1. The van der Waals surface area contributed by atoms with Crippen LogP contribution >= 0.6 is 11.6 Å². The summed E-state index contributed by atoms with van der Waals surface area (Å²) in [5.41, 5.74) is 0.906. The van der Waals surface area contributed by atoms with Crippen molar-refractivity contribution in [3.05, 3.63) is 52.5 Å². The van der Waals surface area contributed by atoms with Crippen molar-refractivity contribution in [3.63, 3.8) is 0 Å². The Kier molecular flexibility index (Phi) is 6.16. The zero-order valence-corrected chi connectivity index (χ0v) is 16.3. The highest BCUT2D eigenvalue weighted by atomic mass is 35.5. The third-order valence-electron chi connectivity index (χ3n) is 3.97. The van der Waals surface area contributed by atoms with Gasteiger partial charge in [0.25, 0.3) is 0 Å². The molecule has 5 nitrogen and oxygen atoms in total. The molecule has 0 heterocycles. The Labute approximate surface area is 158 Å². The molecule has 0 aliphatic carbocycles. The third-order valence-corrected chi connectivity index (χ3v) is 4.20. The predicted molar refractivity (Wildman–Crippen MR) is 103 cm³/mol. The summed E-state index contributed by atoms with van der Waals surface area (Å²) in [5, 5.41) is 14.3. The smallest absolute Gasteiger partial charge is 0.229 e. The van der Waals surface area contributed by atoms with Gasteiger partial charge < -0.3 is 19.9 Å². The lowest BCUT2D eigenvalue weighted by Crippen LogP contribution is -2.28. The van der Waals surface area contributed by atoms with Crippen LogP contribution in [0.25, 0.3) is 0 Å². The minimum absolute atomic E-state index is 0.161. The Balaban J connectivity index is 2.51. The van der Waals surface area contributed by atoms with E-state index in [0.29, 0.717) is 33.3 Å². The second kappa shape index (κ2) is 7.98. The molecule has 0 saturated heterocycles. The highest BCUT2D eigenvalue weighted by Gasteiger charge is 2.25. The number of benzene rings is 2. The summed E-state index contributed by atoms with van der Waals surface area (Å²) in [5.74, 6) is 0.771. The summed E-state index contributed by atoms with van der Waals surface area (Å²) in [7, 11) is 3.04. The second-order valence-electron chi connectivity index (χ2n) is 6.92. The summed E-state index contributed by atoms with van der Waals surface area (Å²) in [6, 6.07) is 10.2. The van der Waals surface area contributed by atoms with Gasteiger partial charge in [-0.25, -0.2) is 0 Å². The van der Waals surface area contributed by atoms with Crippen molar-refractivity contribution < 1.29 is 19.4 Å². The van der Waals surface area contributed by atoms with Crippen LogP contribution in [0.3, 0.4) is 0 Å². The number of anilines is 1. The van der Waals surface area contributed by atoms with Crippen molar-refractivity contribution in [2.24, 2.45) is 5.41 Å². The first kappa shape index (κ1) is 20.1. The fourth-order valence-corrected chi connectivity index (χ4v) is 2.66. The molecule has 1 atom stereocenters. The number of amides is 1. The third kappa shape index (κ3) is 4.29. The minimum atomic E-state index is -1.06. The fourth-order valence-electron chi connectivity index (χ4n) is 2.48. The van der Waals surface area contributed by atoms with Crippen molar-refractivity contribution in [3.8, 4) is 11.5 Å². The number of hydrogen-bond acceptors (Lipinski definition) is 4. The molecular formula is C20H24ClNO4. The predicted octanol–water partition coefficient (Wildman–Crippen LogP) is 4.42. The number of aliphatic hydroxyl groups excluding tert-OH is 1. The fraction of sp³-hybridized carbons (Fsp3) is 0.350. The van der Waals surface area contributed by atoms with Crippen LogP contribution in [0.4, 0.5) is 5.69 Å². The quantitative estimate of drug-likeness (QED) is 0.809. The SMILES string of the molecule is COc1cccc(C(O)c2cc(Cl)ccc2NC(=O)C(C)(C)C)c1OC. The number of carbonyl (C=O) groups is 1. The van der Waals surface area contributed by atoms with E-state index < -0.39 is 11.5 Å². The van der Waals surface area contributed by atoms with Gasteiger partial charge in [-0.2, -0.15) is 0 Å². The van der Waals surface area contributed by atoms with E-state index in [9.17, 15) is 9.90 Å². The van der Waals surface area contributed by atoms with E-state index in [1.54, 1.807) is 36.4 Å². The van der Waals surface area contributed by atoms with Crippen molar-refractivity contribution >= 4 is 23.2 Å². The minimum Gasteiger partial charge on any atom is -0.493 e. The molecule has 0 bridgehead atoms. The normalized spacial score (nSPS) is 12.4. The topological polar surface area (TPSA) is 67.8 Å². The molecule has 2 N–H and O–H groups in total. The van der Waals surface area contributed by atoms with Crippen LogP contribution in [0.1, 0.15) is 38.0 Å². The molecule has 0 saturated carbocycles. The van der Waals surface area contributed by atoms with Crippen LogP contribution in [-0.4, -0.2) is 25.2 Å². The Morgan fingerprint density at radius 2 is 1.81 bits per heavy atom. The lowest BCUT2D eigenvalue weighted by molar-refractivity contribution is -0.123. The van der Waals surface area contributed by atoms with E-state index in [-0.39, 0.29) is 5.91 Å². The van der Waals surface area contributed by atoms with Crippen LogP contribution in [0.2, 0.25) is 5.02 Å². The van der Waals surface area contributed by atoms with Gasteiger partial charge in [0.1, 0.15) is 6.10 Å². The lowest BCUT2D eigenvalue weighted by Gasteiger charge is -2.23. The molecule has 1 unspecified atom stereocenters. The van der Waals surface area contributed by atoms with Crippen LogP contribution in [0, 0.1) is 5.41 Å². The monoisotopic (exact) mass is 377 g/mol. The van der Waals surface area contributed by atoms with E-state index in [1.165, 1.54) is 14.2 Å². The molecule has 0 aliphatic rings. The number of methoxy groups -OCH3 is 2. The van der Waals surface area contributed by atoms with Crippen molar-refractivity contribution in [2.75, 3.05) is 19.5 Å². The number of carbonyl (C=O) groups excluding carboxylic acids is 1. The van der Waals surface area contributed by atoms with E-state index in [4.69, 9.17) is 21.1 Å². The summed E-state index contributed by atoms with van der Waals surface area (Å²) >= 11 is 6.13. The van der Waals surface area contributed by atoms with Crippen LogP contribution in [0.5, 0.6) is 11.5 Å². The first-order valence-corrected chi connectivity index (χ1v) is 8.56. The number of para-hydroxylation sites is 1. The van der Waals surface area contributed by atoms with Gasteiger partial charge in [0.15, 0.2) is 11.5 Å². The molecule has 26 heavy (non-hydrogen) atoms. The Hall–Kier alpha value is -2.24. The van der Waals surface area contributed by atoms with Crippen LogP contribution < -0.4 is 14.8 Å². The average Bonchev–Trinajstić information content (AvgIpc) is 2.60. The van der Waals surface area contributed by atoms with Crippen LogP contribution in [0.15, 0.2) is 36.4 Å². The maximum absolute atomic E-state index is 12.4. The van der Waals surface area contributed by atoms with Gasteiger partial charge >= 0.3 is 0 Å². The first-order valence-electron chi connectivity index (χ1n) is 8.19. The molecule has 140 valence electrons. The molecule has 0 radical (unpaired) electrons. The molecule has 0 spiro atoms. The van der Waals surface area contributed by atoms with Gasteiger partial charge in [-0.15, -0.1) is 0 Å². The Morgan fingerprint density at radius 1 is 1.12 bits per heavy atom. The maximum Gasteiger partial charge on any atom is 0.229 e. The Bertz CT molecular complexity index is 799. The zero-order chi connectivity index (χ0) is 19.5. The van der Waals surface area contributed by atoms with Gasteiger partial charge in [-0.1, -0.05) is 44.5 Å². The summed E-state index contributed by atoms with van der Waals surface area (Å²) in [6.07, 6.45) is -1.06. The number of hydrogen-bond donors (Lipinski definition) is 2. The van der Waals surface area contributed by atoms with Gasteiger partial charge in [0, 0.05) is 27.3 Å². The molecular weight excluding hydrogens is 354 g/mol. The van der Waals surface area contributed by atoms with Crippen molar-refractivity contribution in [1.29, 1.82) is 0 Å². The number of halogens is 1. The highest BCUT2D eigenvalue weighted by molar-refractivity contribution is 6.30. The molecule has 0 aromatic heterocycles. The molecule has 0 aliphatic heterocycles. The zero-order valence-electron chi connectivity index (χ0n) is 15.6. The van der Waals surface area contributed by atoms with Gasteiger partial charge in [0.2, 0.25) is 5.91 Å². The molecule has 6 heteroatoms. The van der Waals surface area contributed by atoms with Gasteiger partial charge in [0.05, 0.1) is 14.2 Å². The summed E-state index contributed by atoms with van der Waals surface area (Å²) in [6.45, 7) is 5.46. The molecule has 2 aromatic rings. The second-order valence-corrected chi connectivity index (χ2v) is 7.36. The van der Waals surface area contributed by atoms with E-state index in [0.717, 1.165) is 0 Å². The lowest BCUT2D eigenvalue weighted by atomic mass is 9.94. The largest absolute Gasteiger partial charge is 0.493 e. The van der Waals surface area contributed by atoms with Gasteiger partial charge in [-0.05, 0) is 24.3 Å². The average molecular weight is 378 g/mol. The van der Waals surface area contributed by atoms with Gasteiger partial charge in [-0.3, -0.25) is 4.79 Å². The molecule has 2 aromatic carbocycles. The van der Waals surface area contributed by atoms with Crippen molar-refractivity contribution in [2.45, 2.75) is 26.9 Å². The first-order chi connectivity index (χ1) is 12.2. The highest BCUT2D eigenvalue weighted by Crippen LogP contribution is 2.39. The van der Waals surface area contributed by atoms with Crippen molar-refractivity contribution in [1.82, 2.24) is 0 Å². The van der Waals surface area contributed by atoms with Crippen LogP contribution in [-0.2, 0) is 4.79 Å². The standard InChI is InChI=1S/C20H24ClNO4/c1-20(2,3)19(24)22-15-10-9-12(21)11-14(15)17(23)13-7-6-8-16(25-4)18(13)26-5/h6-11,17,23H,1-5H3,(H,22,24). The number of ether oxygens (including phenoxy) is 2. The summed E-state index contributed by atoms with van der Waals surface area (Å²) in [4.78, 5) is 12.4. The number of nitrogens with one attached hydrogen (secondary N) is 1. The van der Waals surface area contributed by atoms with E-state index in [1.807, 2.05) is 20.8 Å². The van der Waals surface area contributed by atoms with E-state index in [2.05, 4.69) is 5.32 Å². The Morgan fingerprint density at radius 3 is 2.38 bits per heavy atom. The molecule has 1 amide bonds.